The molecule has 0 bridgehead atoms. The van der Waals surface area contributed by atoms with E-state index >= 15 is 0 Å². The van der Waals surface area contributed by atoms with Crippen LogP contribution >= 0.6 is 0 Å². The first kappa shape index (κ1) is 14.4. The van der Waals surface area contributed by atoms with Gasteiger partial charge in [-0.3, -0.25) is 4.90 Å². The van der Waals surface area contributed by atoms with E-state index in [-0.39, 0.29) is 0 Å². The molecule has 2 N–H and O–H groups in total. The molecule has 19 heavy (non-hydrogen) atoms. The van der Waals surface area contributed by atoms with Gasteiger partial charge < -0.3 is 4.52 Å². The molecule has 0 atom stereocenters. The van der Waals surface area contributed by atoms with Gasteiger partial charge in [-0.15, -0.1) is 0 Å². The van der Waals surface area contributed by atoms with E-state index in [0.29, 0.717) is 44.2 Å². The molecule has 0 saturated carbocycles. The molecule has 7 nitrogen and oxygen atoms in total. The van der Waals surface area contributed by atoms with E-state index in [1.807, 2.05) is 0 Å². The van der Waals surface area contributed by atoms with Gasteiger partial charge in [0, 0.05) is 6.42 Å². The molecule has 2 heterocycles. The lowest BCUT2D eigenvalue weighted by atomic mass is 10.1. The number of hydrogen-bond donors (Lipinski definition) is 1. The van der Waals surface area contributed by atoms with E-state index in [9.17, 15) is 8.42 Å². The van der Waals surface area contributed by atoms with Crippen LogP contribution in [-0.4, -0.2) is 41.8 Å². The summed E-state index contributed by atoms with van der Waals surface area (Å²) in [6.45, 7) is 4.05. The predicted molar refractivity (Wildman–Crippen MR) is 69.7 cm³/mol. The first-order valence-corrected chi connectivity index (χ1v) is 8.15. The summed E-state index contributed by atoms with van der Waals surface area (Å²) in [7, 11) is -3.40. The topological polar surface area (TPSA) is 102 Å². The van der Waals surface area contributed by atoms with Gasteiger partial charge in [-0.1, -0.05) is 12.1 Å². The smallest absolute Gasteiger partial charge is 0.226 e. The van der Waals surface area contributed by atoms with Crippen molar-refractivity contribution in [2.24, 2.45) is 5.14 Å². The Bertz CT molecular complexity index is 506. The maximum atomic E-state index is 11.2. The monoisotopic (exact) mass is 288 g/mol. The van der Waals surface area contributed by atoms with Gasteiger partial charge in [0.15, 0.2) is 5.82 Å². The number of sulfonamides is 1. The molecular formula is C11H20N4O3S. The zero-order chi connectivity index (χ0) is 13.9. The van der Waals surface area contributed by atoms with Crippen LogP contribution in [0.2, 0.25) is 0 Å². The molecule has 8 heteroatoms. The Labute approximate surface area is 113 Å². The average molecular weight is 288 g/mol. The number of nitrogens with zero attached hydrogens (tertiary/aromatic N) is 3. The van der Waals surface area contributed by atoms with Gasteiger partial charge in [-0.25, -0.2) is 13.6 Å². The number of primary sulfonamides is 1. The van der Waals surface area contributed by atoms with Crippen molar-refractivity contribution in [3.63, 3.8) is 0 Å². The third kappa shape index (κ3) is 3.99. The zero-order valence-electron chi connectivity index (χ0n) is 11.1. The van der Waals surface area contributed by atoms with Crippen LogP contribution in [0.5, 0.6) is 0 Å². The maximum Gasteiger partial charge on any atom is 0.226 e. The molecule has 0 aliphatic carbocycles. The first-order valence-electron chi connectivity index (χ1n) is 6.54. The molecule has 1 fully saturated rings. The molecule has 0 amide bonds. The Hall–Kier alpha value is -0.990. The number of nitrogens with two attached hydrogens (primary N) is 1. The Morgan fingerprint density at radius 2 is 2.11 bits per heavy atom. The molecule has 0 aromatic carbocycles. The summed E-state index contributed by atoms with van der Waals surface area (Å²) in [5, 5.41) is 8.67. The van der Waals surface area contributed by atoms with Crippen LogP contribution < -0.4 is 5.14 Å². The van der Waals surface area contributed by atoms with Gasteiger partial charge >= 0.3 is 0 Å². The van der Waals surface area contributed by atoms with E-state index in [1.165, 1.54) is 0 Å². The highest BCUT2D eigenvalue weighted by atomic mass is 32.2. The lowest BCUT2D eigenvalue weighted by Gasteiger charge is -2.29. The SMILES string of the molecule is CCCc1nc(CN2CCC(S(N)(=O)=O)CC2)no1. The summed E-state index contributed by atoms with van der Waals surface area (Å²) >= 11 is 0. The largest absolute Gasteiger partial charge is 0.339 e. The van der Waals surface area contributed by atoms with Crippen molar-refractivity contribution in [2.75, 3.05) is 13.1 Å². The number of hydrogen-bond acceptors (Lipinski definition) is 6. The van der Waals surface area contributed by atoms with Crippen LogP contribution in [0, 0.1) is 0 Å². The predicted octanol–water partition coefficient (Wildman–Crippen LogP) is 0.275. The van der Waals surface area contributed by atoms with Crippen LogP contribution in [-0.2, 0) is 23.0 Å². The number of aromatic nitrogens is 2. The molecule has 108 valence electrons. The number of aryl methyl sites for hydroxylation is 1. The van der Waals surface area contributed by atoms with Crippen LogP contribution in [0.1, 0.15) is 37.9 Å². The van der Waals surface area contributed by atoms with Crippen LogP contribution in [0.3, 0.4) is 0 Å². The molecule has 0 spiro atoms. The molecule has 2 rings (SSSR count). The summed E-state index contributed by atoms with van der Waals surface area (Å²) in [6.07, 6.45) is 2.90. The fourth-order valence-electron chi connectivity index (χ4n) is 2.27. The highest BCUT2D eigenvalue weighted by Crippen LogP contribution is 2.17. The number of likely N-dealkylation sites (tertiary alicyclic amines) is 1. The average Bonchev–Trinajstić information content (AvgIpc) is 2.77. The second kappa shape index (κ2) is 5.98. The molecule has 1 aliphatic rings. The molecule has 0 unspecified atom stereocenters. The van der Waals surface area contributed by atoms with Gasteiger partial charge in [-0.05, 0) is 32.4 Å². The van der Waals surface area contributed by atoms with Crippen molar-refractivity contribution in [1.82, 2.24) is 15.0 Å². The van der Waals surface area contributed by atoms with Crippen LogP contribution in [0.4, 0.5) is 0 Å². The van der Waals surface area contributed by atoms with Crippen molar-refractivity contribution < 1.29 is 12.9 Å². The van der Waals surface area contributed by atoms with Gasteiger partial charge in [0.2, 0.25) is 15.9 Å². The van der Waals surface area contributed by atoms with E-state index in [4.69, 9.17) is 9.66 Å². The fraction of sp³-hybridized carbons (Fsp3) is 0.818. The van der Waals surface area contributed by atoms with Gasteiger partial charge in [0.25, 0.3) is 0 Å². The quantitative estimate of drug-likeness (QED) is 0.834. The van der Waals surface area contributed by atoms with Crippen molar-refractivity contribution in [3.8, 4) is 0 Å². The second-order valence-corrected chi connectivity index (χ2v) is 6.76. The lowest BCUT2D eigenvalue weighted by molar-refractivity contribution is 0.214. The van der Waals surface area contributed by atoms with E-state index in [2.05, 4.69) is 22.0 Å². The van der Waals surface area contributed by atoms with Crippen molar-refractivity contribution >= 4 is 10.0 Å². The Morgan fingerprint density at radius 3 is 2.68 bits per heavy atom. The Balaban J connectivity index is 1.85. The standard InChI is InChI=1S/C11H20N4O3S/c1-2-3-11-13-10(14-18-11)8-15-6-4-9(5-7-15)19(12,16)17/h9H,2-8H2,1H3,(H2,12,16,17). The van der Waals surface area contributed by atoms with Crippen molar-refractivity contribution in [1.29, 1.82) is 0 Å². The molecule has 1 aliphatic heterocycles. The summed E-state index contributed by atoms with van der Waals surface area (Å²) < 4.78 is 27.6. The maximum absolute atomic E-state index is 11.2. The third-order valence-corrected chi connectivity index (χ3v) is 4.74. The molecule has 0 radical (unpaired) electrons. The van der Waals surface area contributed by atoms with E-state index < -0.39 is 15.3 Å². The van der Waals surface area contributed by atoms with Gasteiger partial charge in [-0.2, -0.15) is 4.98 Å². The zero-order valence-corrected chi connectivity index (χ0v) is 11.9. The van der Waals surface area contributed by atoms with Crippen LogP contribution in [0.15, 0.2) is 4.52 Å². The highest BCUT2D eigenvalue weighted by molar-refractivity contribution is 7.89. The van der Waals surface area contributed by atoms with Crippen LogP contribution in [0.25, 0.3) is 0 Å². The fourth-order valence-corrected chi connectivity index (χ4v) is 3.13. The minimum absolute atomic E-state index is 0.412. The van der Waals surface area contributed by atoms with E-state index in [0.717, 1.165) is 12.8 Å². The minimum Gasteiger partial charge on any atom is -0.339 e. The Morgan fingerprint density at radius 1 is 1.42 bits per heavy atom. The summed E-state index contributed by atoms with van der Waals surface area (Å²) in [5.74, 6) is 1.33. The highest BCUT2D eigenvalue weighted by Gasteiger charge is 2.27. The number of rotatable bonds is 5. The summed E-state index contributed by atoms with van der Waals surface area (Å²) in [6, 6.07) is 0. The number of piperidine rings is 1. The Kier molecular flexibility index (Phi) is 4.54. The molecule has 1 aromatic heterocycles. The molecule has 1 saturated heterocycles. The van der Waals surface area contributed by atoms with Crippen molar-refractivity contribution in [3.05, 3.63) is 11.7 Å². The summed E-state index contributed by atoms with van der Waals surface area (Å²) in [5.41, 5.74) is 0. The van der Waals surface area contributed by atoms with Gasteiger partial charge in [0.05, 0.1) is 11.8 Å². The molecular weight excluding hydrogens is 268 g/mol. The molecule has 1 aromatic rings. The third-order valence-electron chi connectivity index (χ3n) is 3.34. The summed E-state index contributed by atoms with van der Waals surface area (Å²) in [4.78, 5) is 6.43. The second-order valence-electron chi connectivity index (χ2n) is 4.92. The van der Waals surface area contributed by atoms with E-state index in [1.54, 1.807) is 0 Å². The minimum atomic E-state index is -3.40. The van der Waals surface area contributed by atoms with Crippen molar-refractivity contribution in [2.45, 2.75) is 44.4 Å². The first-order chi connectivity index (χ1) is 8.99. The normalized spacial score (nSPS) is 18.8. The lowest BCUT2D eigenvalue weighted by Crippen LogP contribution is -2.41. The van der Waals surface area contributed by atoms with Gasteiger partial charge in [0.1, 0.15) is 0 Å².